The Labute approximate surface area is 106 Å². The smallest absolute Gasteiger partial charge is 0.339 e. The van der Waals surface area contributed by atoms with Gasteiger partial charge in [0.2, 0.25) is 0 Å². The van der Waals surface area contributed by atoms with Crippen molar-refractivity contribution in [2.24, 2.45) is 0 Å². The number of carboxylic acids is 1. The number of aliphatic hydroxyl groups is 1. The van der Waals surface area contributed by atoms with Crippen molar-refractivity contribution >= 4 is 21.9 Å². The number of aliphatic hydroxyl groups excluding tert-OH is 1. The molecule has 5 heteroatoms. The van der Waals surface area contributed by atoms with Gasteiger partial charge in [0, 0.05) is 10.0 Å². The van der Waals surface area contributed by atoms with Crippen LogP contribution in [0.15, 0.2) is 45.5 Å². The molecule has 17 heavy (non-hydrogen) atoms. The number of furan rings is 1. The first kappa shape index (κ1) is 11.9. The first-order chi connectivity index (χ1) is 8.11. The van der Waals surface area contributed by atoms with Gasteiger partial charge in [-0.05, 0) is 12.1 Å². The van der Waals surface area contributed by atoms with Crippen molar-refractivity contribution in [1.82, 2.24) is 0 Å². The van der Waals surface area contributed by atoms with Crippen LogP contribution in [0.4, 0.5) is 0 Å². The number of rotatable bonds is 3. The van der Waals surface area contributed by atoms with Gasteiger partial charge in [-0.25, -0.2) is 4.79 Å². The SMILES string of the molecule is O=C(O)c1ccoc1C(O)c1ccccc1Br. The third kappa shape index (κ3) is 2.25. The van der Waals surface area contributed by atoms with Crippen molar-refractivity contribution in [2.75, 3.05) is 0 Å². The van der Waals surface area contributed by atoms with Gasteiger partial charge in [0.1, 0.15) is 11.7 Å². The van der Waals surface area contributed by atoms with Crippen LogP contribution >= 0.6 is 15.9 Å². The molecule has 1 aromatic heterocycles. The molecule has 0 aliphatic rings. The lowest BCUT2D eigenvalue weighted by Gasteiger charge is -2.11. The minimum absolute atomic E-state index is 0.0319. The number of hydrogen-bond acceptors (Lipinski definition) is 3. The van der Waals surface area contributed by atoms with Gasteiger partial charge in [-0.3, -0.25) is 0 Å². The molecule has 0 aliphatic carbocycles. The Morgan fingerprint density at radius 3 is 2.65 bits per heavy atom. The van der Waals surface area contributed by atoms with Crippen molar-refractivity contribution < 1.29 is 19.4 Å². The number of aromatic carboxylic acids is 1. The summed E-state index contributed by atoms with van der Waals surface area (Å²) in [5, 5.41) is 19.0. The lowest BCUT2D eigenvalue weighted by molar-refractivity contribution is 0.0687. The minimum Gasteiger partial charge on any atom is -0.478 e. The summed E-state index contributed by atoms with van der Waals surface area (Å²) >= 11 is 3.29. The van der Waals surface area contributed by atoms with E-state index in [9.17, 15) is 9.90 Å². The molecule has 0 amide bonds. The van der Waals surface area contributed by atoms with Crippen molar-refractivity contribution in [3.8, 4) is 0 Å². The van der Waals surface area contributed by atoms with Crippen LogP contribution in [0, 0.1) is 0 Å². The highest BCUT2D eigenvalue weighted by atomic mass is 79.9. The predicted molar refractivity (Wildman–Crippen MR) is 63.9 cm³/mol. The molecule has 1 heterocycles. The van der Waals surface area contributed by atoms with Crippen molar-refractivity contribution in [1.29, 1.82) is 0 Å². The van der Waals surface area contributed by atoms with Crippen LogP contribution in [-0.4, -0.2) is 16.2 Å². The molecule has 0 saturated carbocycles. The second-order valence-electron chi connectivity index (χ2n) is 3.43. The summed E-state index contributed by atoms with van der Waals surface area (Å²) in [7, 11) is 0. The highest BCUT2D eigenvalue weighted by Gasteiger charge is 2.23. The van der Waals surface area contributed by atoms with Gasteiger partial charge in [0.05, 0.1) is 6.26 Å². The fraction of sp³-hybridized carbons (Fsp3) is 0.0833. The van der Waals surface area contributed by atoms with Gasteiger partial charge in [0.15, 0.2) is 5.76 Å². The van der Waals surface area contributed by atoms with Crippen LogP contribution in [0.5, 0.6) is 0 Å². The molecule has 2 rings (SSSR count). The molecule has 1 unspecified atom stereocenters. The van der Waals surface area contributed by atoms with Crippen molar-refractivity contribution in [2.45, 2.75) is 6.10 Å². The molecule has 2 N–H and O–H groups in total. The maximum Gasteiger partial charge on any atom is 0.339 e. The summed E-state index contributed by atoms with van der Waals surface area (Å²) in [5.41, 5.74) is 0.526. The van der Waals surface area contributed by atoms with E-state index in [2.05, 4.69) is 15.9 Å². The van der Waals surface area contributed by atoms with Crippen LogP contribution in [0.25, 0.3) is 0 Å². The van der Waals surface area contributed by atoms with Gasteiger partial charge < -0.3 is 14.6 Å². The molecule has 88 valence electrons. The average molecular weight is 297 g/mol. The lowest BCUT2D eigenvalue weighted by atomic mass is 10.0. The van der Waals surface area contributed by atoms with E-state index in [-0.39, 0.29) is 11.3 Å². The molecular weight excluding hydrogens is 288 g/mol. The van der Waals surface area contributed by atoms with E-state index in [1.165, 1.54) is 12.3 Å². The van der Waals surface area contributed by atoms with Crippen LogP contribution in [0.2, 0.25) is 0 Å². The number of carbonyl (C=O) groups is 1. The van der Waals surface area contributed by atoms with Crippen molar-refractivity contribution in [3.63, 3.8) is 0 Å². The number of hydrogen-bond donors (Lipinski definition) is 2. The second kappa shape index (κ2) is 4.73. The molecule has 2 aromatic rings. The zero-order valence-electron chi connectivity index (χ0n) is 8.63. The van der Waals surface area contributed by atoms with Crippen LogP contribution in [-0.2, 0) is 0 Å². The van der Waals surface area contributed by atoms with Crippen LogP contribution < -0.4 is 0 Å². The average Bonchev–Trinajstić information content (AvgIpc) is 2.77. The molecule has 1 atom stereocenters. The van der Waals surface area contributed by atoms with E-state index in [0.717, 1.165) is 0 Å². The van der Waals surface area contributed by atoms with E-state index in [1.54, 1.807) is 24.3 Å². The molecule has 0 fully saturated rings. The fourth-order valence-corrected chi connectivity index (χ4v) is 2.05. The number of benzene rings is 1. The Bertz CT molecular complexity index is 547. The Kier molecular flexibility index (Phi) is 3.31. The highest BCUT2D eigenvalue weighted by Crippen LogP contribution is 2.30. The normalized spacial score (nSPS) is 12.4. The highest BCUT2D eigenvalue weighted by molar-refractivity contribution is 9.10. The van der Waals surface area contributed by atoms with Gasteiger partial charge >= 0.3 is 5.97 Å². The van der Waals surface area contributed by atoms with E-state index < -0.39 is 12.1 Å². The van der Waals surface area contributed by atoms with E-state index in [0.29, 0.717) is 10.0 Å². The summed E-state index contributed by atoms with van der Waals surface area (Å²) in [6.45, 7) is 0. The fourth-order valence-electron chi connectivity index (χ4n) is 1.55. The Balaban J connectivity index is 2.44. The monoisotopic (exact) mass is 296 g/mol. The molecule has 0 saturated heterocycles. The second-order valence-corrected chi connectivity index (χ2v) is 4.28. The Hall–Kier alpha value is -1.59. The van der Waals surface area contributed by atoms with Crippen LogP contribution in [0.1, 0.15) is 27.8 Å². The molecule has 0 spiro atoms. The topological polar surface area (TPSA) is 70.7 Å². The summed E-state index contributed by atoms with van der Waals surface area (Å²) in [4.78, 5) is 10.9. The first-order valence-corrected chi connectivity index (χ1v) is 5.63. The molecule has 0 bridgehead atoms. The lowest BCUT2D eigenvalue weighted by Crippen LogP contribution is -2.06. The zero-order valence-corrected chi connectivity index (χ0v) is 10.2. The molecule has 4 nitrogen and oxygen atoms in total. The first-order valence-electron chi connectivity index (χ1n) is 4.84. The molecule has 0 radical (unpaired) electrons. The maximum absolute atomic E-state index is 10.9. The van der Waals surface area contributed by atoms with E-state index in [1.807, 2.05) is 0 Å². The minimum atomic E-state index is -1.13. The van der Waals surface area contributed by atoms with Crippen LogP contribution in [0.3, 0.4) is 0 Å². The van der Waals surface area contributed by atoms with Gasteiger partial charge in [0.25, 0.3) is 0 Å². The summed E-state index contributed by atoms with van der Waals surface area (Å²) in [6, 6.07) is 8.34. The Morgan fingerprint density at radius 1 is 1.29 bits per heavy atom. The third-order valence-corrected chi connectivity index (χ3v) is 3.10. The largest absolute Gasteiger partial charge is 0.478 e. The maximum atomic E-state index is 10.9. The quantitative estimate of drug-likeness (QED) is 0.914. The van der Waals surface area contributed by atoms with Gasteiger partial charge in [-0.2, -0.15) is 0 Å². The molecule has 1 aromatic carbocycles. The molecule has 0 aliphatic heterocycles. The summed E-state index contributed by atoms with van der Waals surface area (Å²) in [5.74, 6) is -1.09. The number of carboxylic acid groups (broad SMARTS) is 1. The van der Waals surface area contributed by atoms with Gasteiger partial charge in [-0.15, -0.1) is 0 Å². The molecular formula is C12H9BrO4. The summed E-state index contributed by atoms with van der Waals surface area (Å²) < 4.78 is 5.74. The van der Waals surface area contributed by atoms with E-state index in [4.69, 9.17) is 9.52 Å². The van der Waals surface area contributed by atoms with Crippen molar-refractivity contribution in [3.05, 3.63) is 58.0 Å². The predicted octanol–water partition coefficient (Wildman–Crippen LogP) is 2.82. The standard InChI is InChI=1S/C12H9BrO4/c13-9-4-2-1-3-7(9)10(14)11-8(12(15)16)5-6-17-11/h1-6,10,14H,(H,15,16). The van der Waals surface area contributed by atoms with E-state index >= 15 is 0 Å². The number of halogens is 1. The Morgan fingerprint density at radius 2 is 2.00 bits per heavy atom. The summed E-state index contributed by atoms with van der Waals surface area (Å²) in [6.07, 6.45) is 0.144. The zero-order chi connectivity index (χ0) is 12.4. The van der Waals surface area contributed by atoms with Gasteiger partial charge in [-0.1, -0.05) is 34.1 Å². The third-order valence-electron chi connectivity index (χ3n) is 2.37.